The zero-order chi connectivity index (χ0) is 17.2. The molecule has 0 fully saturated rings. The zero-order valence-corrected chi connectivity index (χ0v) is 13.6. The second-order valence-corrected chi connectivity index (χ2v) is 5.00. The summed E-state index contributed by atoms with van der Waals surface area (Å²) in [6.45, 7) is 4.60. The number of hydrogen-bond acceptors (Lipinski definition) is 4. The number of hydrogen-bond donors (Lipinski definition) is 1. The number of carbonyl (C=O) groups is 1. The first kappa shape index (κ1) is 18.1. The van der Waals surface area contributed by atoms with E-state index in [1.807, 2.05) is 73.6 Å². The predicted molar refractivity (Wildman–Crippen MR) is 93.8 cm³/mol. The van der Waals surface area contributed by atoms with E-state index < -0.39 is 5.97 Å². The Morgan fingerprint density at radius 2 is 1.52 bits per heavy atom. The van der Waals surface area contributed by atoms with Crippen molar-refractivity contribution in [3.8, 4) is 0 Å². The fraction of sp³-hybridized carbons (Fsp3) is 0.167. The smallest absolute Gasteiger partial charge is 0.330 e. The summed E-state index contributed by atoms with van der Waals surface area (Å²) in [5.74, 6) is -0.935. The van der Waals surface area contributed by atoms with Gasteiger partial charge in [0.15, 0.2) is 0 Å². The van der Waals surface area contributed by atoms with Crippen molar-refractivity contribution >= 4 is 23.0 Å². The van der Waals surface area contributed by atoms with Gasteiger partial charge in [0.25, 0.3) is 0 Å². The van der Waals surface area contributed by atoms with E-state index in [1.54, 1.807) is 0 Å². The average Bonchev–Trinajstić information content (AvgIpc) is 2.54. The van der Waals surface area contributed by atoms with Crippen LogP contribution >= 0.6 is 0 Å². The molecule has 23 heavy (non-hydrogen) atoms. The maximum absolute atomic E-state index is 9.60. The number of azo groups is 1. The van der Waals surface area contributed by atoms with E-state index in [0.29, 0.717) is 0 Å². The first-order valence-electron chi connectivity index (χ1n) is 7.03. The number of nitrogens with zero attached hydrogens (tertiary/aromatic N) is 3. The predicted octanol–water partition coefficient (Wildman–Crippen LogP) is 4.82. The van der Waals surface area contributed by atoms with Gasteiger partial charge in [-0.2, -0.15) is 5.11 Å². The van der Waals surface area contributed by atoms with Gasteiger partial charge in [-0.1, -0.05) is 36.9 Å². The number of rotatable bonds is 4. The minimum Gasteiger partial charge on any atom is -0.478 e. The van der Waals surface area contributed by atoms with Crippen LogP contribution in [0, 0.1) is 0 Å². The summed E-state index contributed by atoms with van der Waals surface area (Å²) >= 11 is 0. The Bertz CT molecular complexity index is 668. The number of anilines is 1. The molecule has 0 heterocycles. The molecule has 0 aliphatic carbocycles. The van der Waals surface area contributed by atoms with Crippen LogP contribution in [0.1, 0.15) is 6.92 Å². The van der Waals surface area contributed by atoms with Crippen molar-refractivity contribution in [3.63, 3.8) is 0 Å². The van der Waals surface area contributed by atoms with Crippen LogP contribution < -0.4 is 4.90 Å². The lowest BCUT2D eigenvalue weighted by Crippen LogP contribution is -2.08. The fourth-order valence-corrected chi connectivity index (χ4v) is 1.53. The van der Waals surface area contributed by atoms with E-state index in [1.165, 1.54) is 6.92 Å². The molecular formula is C18H21N3O2. The molecule has 0 aliphatic rings. The molecule has 0 saturated carbocycles. The molecule has 0 amide bonds. The summed E-state index contributed by atoms with van der Waals surface area (Å²) in [4.78, 5) is 11.6. The molecule has 0 atom stereocenters. The number of benzene rings is 2. The molecular weight excluding hydrogens is 290 g/mol. The maximum atomic E-state index is 9.60. The second-order valence-electron chi connectivity index (χ2n) is 5.00. The van der Waals surface area contributed by atoms with Gasteiger partial charge in [0.1, 0.15) is 5.69 Å². The number of carboxylic acid groups (broad SMARTS) is 1. The van der Waals surface area contributed by atoms with Gasteiger partial charge in [0.2, 0.25) is 0 Å². The maximum Gasteiger partial charge on any atom is 0.330 e. The molecule has 0 bridgehead atoms. The monoisotopic (exact) mass is 311 g/mol. The highest BCUT2D eigenvalue weighted by molar-refractivity contribution is 5.84. The van der Waals surface area contributed by atoms with Gasteiger partial charge < -0.3 is 10.0 Å². The van der Waals surface area contributed by atoms with Crippen LogP contribution in [-0.2, 0) is 4.79 Å². The minimum absolute atomic E-state index is 0.176. The van der Waals surface area contributed by atoms with Crippen molar-refractivity contribution in [2.45, 2.75) is 6.92 Å². The van der Waals surface area contributed by atoms with Crippen LogP contribution in [0.4, 0.5) is 17.1 Å². The Kier molecular flexibility index (Phi) is 7.20. The zero-order valence-electron chi connectivity index (χ0n) is 13.6. The number of carboxylic acids is 1. The molecule has 0 aromatic heterocycles. The largest absolute Gasteiger partial charge is 0.478 e. The van der Waals surface area contributed by atoms with Crippen molar-refractivity contribution in [1.29, 1.82) is 0 Å². The molecule has 5 nitrogen and oxygen atoms in total. The molecule has 0 saturated heterocycles. The van der Waals surface area contributed by atoms with Gasteiger partial charge in [-0.15, -0.1) is 5.11 Å². The van der Waals surface area contributed by atoms with Crippen molar-refractivity contribution < 1.29 is 9.90 Å². The van der Waals surface area contributed by atoms with Gasteiger partial charge in [0, 0.05) is 19.7 Å². The molecule has 0 aliphatic heterocycles. The minimum atomic E-state index is -0.935. The van der Waals surface area contributed by atoms with Gasteiger partial charge >= 0.3 is 5.97 Å². The molecule has 0 radical (unpaired) electrons. The summed E-state index contributed by atoms with van der Waals surface area (Å²) in [6.07, 6.45) is 0. The van der Waals surface area contributed by atoms with E-state index >= 15 is 0 Å². The summed E-state index contributed by atoms with van der Waals surface area (Å²) in [6, 6.07) is 17.7. The summed E-state index contributed by atoms with van der Waals surface area (Å²) in [7, 11) is 3.99. The van der Waals surface area contributed by atoms with Gasteiger partial charge in [-0.3, -0.25) is 0 Å². The third kappa shape index (κ3) is 6.56. The molecule has 2 rings (SSSR count). The van der Waals surface area contributed by atoms with E-state index in [0.717, 1.165) is 17.1 Å². The number of para-hydroxylation sites is 1. The van der Waals surface area contributed by atoms with E-state index in [9.17, 15) is 4.79 Å². The van der Waals surface area contributed by atoms with Crippen LogP contribution in [-0.4, -0.2) is 25.2 Å². The quantitative estimate of drug-likeness (QED) is 0.650. The van der Waals surface area contributed by atoms with Crippen molar-refractivity contribution in [2.75, 3.05) is 19.0 Å². The summed E-state index contributed by atoms with van der Waals surface area (Å²) in [5.41, 5.74) is 2.98. The lowest BCUT2D eigenvalue weighted by molar-refractivity contribution is -0.132. The van der Waals surface area contributed by atoms with Crippen LogP contribution in [0.2, 0.25) is 0 Å². The third-order valence-corrected chi connectivity index (χ3v) is 2.76. The van der Waals surface area contributed by atoms with E-state index in [2.05, 4.69) is 16.8 Å². The fourth-order valence-electron chi connectivity index (χ4n) is 1.53. The SMILES string of the molecule is C=C(C)C(=O)O.CN(C)c1ccccc1N=Nc1ccccc1. The second kappa shape index (κ2) is 9.15. The Morgan fingerprint density at radius 1 is 1.00 bits per heavy atom. The first-order chi connectivity index (χ1) is 10.9. The normalized spacial score (nSPS) is 9.87. The average molecular weight is 311 g/mol. The van der Waals surface area contributed by atoms with Crippen LogP contribution in [0.15, 0.2) is 77.0 Å². The van der Waals surface area contributed by atoms with Crippen LogP contribution in [0.3, 0.4) is 0 Å². The highest BCUT2D eigenvalue weighted by Gasteiger charge is 2.01. The van der Waals surface area contributed by atoms with Gasteiger partial charge in [-0.25, -0.2) is 4.79 Å². The molecule has 2 aromatic carbocycles. The molecule has 2 aromatic rings. The Labute approximate surface area is 136 Å². The van der Waals surface area contributed by atoms with Crippen molar-refractivity contribution in [1.82, 2.24) is 0 Å². The van der Waals surface area contributed by atoms with Crippen molar-refractivity contribution in [3.05, 3.63) is 66.7 Å². The summed E-state index contributed by atoms with van der Waals surface area (Å²) < 4.78 is 0. The molecule has 0 unspecified atom stereocenters. The Morgan fingerprint density at radius 3 is 2.04 bits per heavy atom. The third-order valence-electron chi connectivity index (χ3n) is 2.76. The standard InChI is InChI=1S/C14H15N3.C4H6O2/c1-17(2)14-11-7-6-10-13(14)16-15-12-8-4-3-5-9-12;1-3(2)4(5)6/h3-11H,1-2H3;1H2,2H3,(H,5,6). The molecule has 1 N–H and O–H groups in total. The van der Waals surface area contributed by atoms with Gasteiger partial charge in [-0.05, 0) is 31.2 Å². The molecule has 0 spiro atoms. The number of aliphatic carboxylic acids is 1. The van der Waals surface area contributed by atoms with Gasteiger partial charge in [0.05, 0.1) is 11.4 Å². The highest BCUT2D eigenvalue weighted by Crippen LogP contribution is 2.28. The Balaban J connectivity index is 0.000000379. The Hall–Kier alpha value is -2.95. The first-order valence-corrected chi connectivity index (χ1v) is 7.03. The summed E-state index contributed by atoms with van der Waals surface area (Å²) in [5, 5.41) is 16.4. The van der Waals surface area contributed by atoms with Crippen molar-refractivity contribution in [2.24, 2.45) is 10.2 Å². The molecule has 120 valence electrons. The highest BCUT2D eigenvalue weighted by atomic mass is 16.4. The lowest BCUT2D eigenvalue weighted by atomic mass is 10.2. The topological polar surface area (TPSA) is 65.3 Å². The van der Waals surface area contributed by atoms with E-state index in [4.69, 9.17) is 5.11 Å². The van der Waals surface area contributed by atoms with Crippen LogP contribution in [0.25, 0.3) is 0 Å². The van der Waals surface area contributed by atoms with Crippen LogP contribution in [0.5, 0.6) is 0 Å². The van der Waals surface area contributed by atoms with E-state index in [-0.39, 0.29) is 5.57 Å². The molecule has 5 heteroatoms. The lowest BCUT2D eigenvalue weighted by Gasteiger charge is -2.13.